The molecule has 0 spiro atoms. The molecular formula is C18H23O10P. The molecule has 0 aliphatic heterocycles. The van der Waals surface area contributed by atoms with Crippen LogP contribution in [0.25, 0.3) is 10.8 Å². The van der Waals surface area contributed by atoms with Gasteiger partial charge < -0.3 is 24.8 Å². The summed E-state index contributed by atoms with van der Waals surface area (Å²) in [6, 6.07) is 12.6. The van der Waals surface area contributed by atoms with Crippen LogP contribution in [-0.4, -0.2) is 42.9 Å². The number of aliphatic hydroxyl groups excluding tert-OH is 1. The topological polar surface area (TPSA) is 149 Å². The molecule has 0 amide bonds. The smallest absolute Gasteiger partial charge is 0.369 e. The summed E-state index contributed by atoms with van der Waals surface area (Å²) in [4.78, 5) is 21.9. The first-order chi connectivity index (χ1) is 13.4. The predicted molar refractivity (Wildman–Crippen MR) is 102 cm³/mol. The number of carbonyl (C=O) groups excluding carboxylic acids is 2. The lowest BCUT2D eigenvalue weighted by molar-refractivity contribution is -0.150. The van der Waals surface area contributed by atoms with Crippen molar-refractivity contribution in [2.24, 2.45) is 0 Å². The highest BCUT2D eigenvalue weighted by atomic mass is 31.2. The van der Waals surface area contributed by atoms with E-state index in [1.165, 1.54) is 0 Å². The minimum absolute atomic E-state index is 0. The van der Waals surface area contributed by atoms with Crippen LogP contribution in [0.2, 0.25) is 0 Å². The maximum atomic E-state index is 13.3. The van der Waals surface area contributed by atoms with E-state index in [4.69, 9.17) is 13.8 Å². The van der Waals surface area contributed by atoms with Crippen LogP contribution < -0.4 is 0 Å². The van der Waals surface area contributed by atoms with Crippen molar-refractivity contribution in [3.8, 4) is 0 Å². The Labute approximate surface area is 167 Å². The summed E-state index contributed by atoms with van der Waals surface area (Å²) in [6.45, 7) is 0.171. The third-order valence-corrected chi connectivity index (χ3v) is 5.52. The zero-order valence-electron chi connectivity index (χ0n) is 15.9. The lowest BCUT2D eigenvalue weighted by Crippen LogP contribution is -2.15. The van der Waals surface area contributed by atoms with Crippen molar-refractivity contribution in [2.75, 3.05) is 20.4 Å². The zero-order chi connectivity index (χ0) is 20.6. The van der Waals surface area contributed by atoms with E-state index in [0.717, 1.165) is 24.6 Å². The summed E-state index contributed by atoms with van der Waals surface area (Å²) >= 11 is 0. The predicted octanol–water partition coefficient (Wildman–Crippen LogP) is 2.25. The minimum Gasteiger partial charge on any atom is -0.438 e. The number of benzene rings is 2. The molecule has 0 radical (unpaired) electrons. The van der Waals surface area contributed by atoms with Crippen molar-refractivity contribution in [3.63, 3.8) is 0 Å². The molecule has 2 aromatic rings. The van der Waals surface area contributed by atoms with Gasteiger partial charge in [-0.3, -0.25) is 23.2 Å². The van der Waals surface area contributed by atoms with Gasteiger partial charge in [0, 0.05) is 13.8 Å². The van der Waals surface area contributed by atoms with Crippen LogP contribution in [-0.2, 0) is 37.4 Å². The van der Waals surface area contributed by atoms with Crippen molar-refractivity contribution in [1.29, 1.82) is 0 Å². The monoisotopic (exact) mass is 430 g/mol. The Balaban J connectivity index is 0.00000420. The van der Waals surface area contributed by atoms with E-state index < -0.39 is 45.8 Å². The third kappa shape index (κ3) is 7.21. The molecule has 3 N–H and O–H groups in total. The van der Waals surface area contributed by atoms with E-state index >= 15 is 0 Å². The fraction of sp³-hybridized carbons (Fsp3) is 0.333. The third-order valence-electron chi connectivity index (χ3n) is 3.57. The Hall–Kier alpha value is -2.33. The van der Waals surface area contributed by atoms with Crippen LogP contribution in [0.5, 0.6) is 0 Å². The Morgan fingerprint density at radius 2 is 1.52 bits per heavy atom. The molecule has 0 fully saturated rings. The van der Waals surface area contributed by atoms with E-state index in [1.807, 2.05) is 24.3 Å². The Bertz CT molecular complexity index is 845. The number of ether oxygens (including phenoxy) is 3. The highest BCUT2D eigenvalue weighted by Crippen LogP contribution is 2.61. The van der Waals surface area contributed by atoms with Crippen LogP contribution in [0.3, 0.4) is 0 Å². The summed E-state index contributed by atoms with van der Waals surface area (Å²) in [5.74, 6) is -2.66. The SMILES string of the molecule is CC(=O)OCOP(=O)(OCOC(C)=O)C(OCO)c1ccc2ccccc2c1.O. The second kappa shape index (κ2) is 11.6. The van der Waals surface area contributed by atoms with Gasteiger partial charge in [-0.2, -0.15) is 0 Å². The molecule has 2 rings (SSSR count). The van der Waals surface area contributed by atoms with Gasteiger partial charge in [0.1, 0.15) is 6.79 Å². The molecule has 2 aromatic carbocycles. The van der Waals surface area contributed by atoms with Crippen LogP contribution >= 0.6 is 7.60 Å². The average molecular weight is 430 g/mol. The molecule has 1 atom stereocenters. The Morgan fingerprint density at radius 3 is 2.03 bits per heavy atom. The number of rotatable bonds is 10. The van der Waals surface area contributed by atoms with Gasteiger partial charge in [0.15, 0.2) is 5.85 Å². The fourth-order valence-electron chi connectivity index (χ4n) is 2.34. The molecule has 0 heterocycles. The van der Waals surface area contributed by atoms with Gasteiger partial charge in [0.05, 0.1) is 0 Å². The second-order valence-electron chi connectivity index (χ2n) is 5.56. The van der Waals surface area contributed by atoms with Crippen LogP contribution in [0.4, 0.5) is 0 Å². The summed E-state index contributed by atoms with van der Waals surface area (Å²) in [5, 5.41) is 11.0. The summed E-state index contributed by atoms with van der Waals surface area (Å²) in [5.41, 5.74) is 0.390. The minimum atomic E-state index is -4.20. The number of hydrogen-bond acceptors (Lipinski definition) is 9. The van der Waals surface area contributed by atoms with Crippen molar-refractivity contribution in [3.05, 3.63) is 48.0 Å². The first-order valence-corrected chi connectivity index (χ1v) is 9.83. The number of carbonyl (C=O) groups is 2. The molecule has 0 aromatic heterocycles. The van der Waals surface area contributed by atoms with Gasteiger partial charge in [-0.05, 0) is 22.4 Å². The number of fused-ring (bicyclic) bond motifs is 1. The Morgan fingerprint density at radius 1 is 0.966 bits per heavy atom. The molecule has 11 heteroatoms. The largest absolute Gasteiger partial charge is 0.438 e. The summed E-state index contributed by atoms with van der Waals surface area (Å²) < 4.78 is 38.2. The molecule has 29 heavy (non-hydrogen) atoms. The van der Waals surface area contributed by atoms with E-state index in [-0.39, 0.29) is 5.48 Å². The van der Waals surface area contributed by atoms with E-state index in [0.29, 0.717) is 5.56 Å². The normalized spacial score (nSPS) is 12.1. The van der Waals surface area contributed by atoms with E-state index in [9.17, 15) is 19.3 Å². The van der Waals surface area contributed by atoms with Gasteiger partial charge in [-0.25, -0.2) is 0 Å². The van der Waals surface area contributed by atoms with Crippen LogP contribution in [0, 0.1) is 0 Å². The maximum Gasteiger partial charge on any atom is 0.369 e. The average Bonchev–Trinajstić information content (AvgIpc) is 2.65. The van der Waals surface area contributed by atoms with Gasteiger partial charge in [-0.1, -0.05) is 36.4 Å². The standard InChI is InChI=1S/C18H21O9P.H2O/c1-13(20)24-11-26-28(22,27-12-25-14(2)21)18(23-10-19)17-8-7-15-5-3-4-6-16(15)9-17;/h3-9,18-19H,10-12H2,1-2H3;1H2. The molecule has 0 saturated heterocycles. The van der Waals surface area contributed by atoms with Crippen LogP contribution in [0.15, 0.2) is 42.5 Å². The molecule has 1 unspecified atom stereocenters. The van der Waals surface area contributed by atoms with E-state index in [2.05, 4.69) is 9.47 Å². The molecule has 10 nitrogen and oxygen atoms in total. The first kappa shape index (κ1) is 24.7. The van der Waals surface area contributed by atoms with Gasteiger partial charge in [0.2, 0.25) is 13.6 Å². The zero-order valence-corrected chi connectivity index (χ0v) is 16.8. The molecular weight excluding hydrogens is 407 g/mol. The van der Waals surface area contributed by atoms with Crippen molar-refractivity contribution in [2.45, 2.75) is 19.7 Å². The van der Waals surface area contributed by atoms with Gasteiger partial charge >= 0.3 is 19.5 Å². The molecule has 160 valence electrons. The first-order valence-electron chi connectivity index (χ1n) is 8.22. The van der Waals surface area contributed by atoms with Gasteiger partial charge in [0.25, 0.3) is 0 Å². The molecule has 0 bridgehead atoms. The highest BCUT2D eigenvalue weighted by Gasteiger charge is 2.39. The molecule has 0 aliphatic rings. The fourth-order valence-corrected chi connectivity index (χ4v) is 3.86. The van der Waals surface area contributed by atoms with Crippen molar-refractivity contribution >= 4 is 30.3 Å². The molecule has 0 saturated carbocycles. The van der Waals surface area contributed by atoms with Gasteiger partial charge in [-0.15, -0.1) is 0 Å². The highest BCUT2D eigenvalue weighted by molar-refractivity contribution is 7.54. The van der Waals surface area contributed by atoms with Crippen LogP contribution in [0.1, 0.15) is 25.3 Å². The van der Waals surface area contributed by atoms with Crippen molar-refractivity contribution in [1.82, 2.24) is 0 Å². The second-order valence-corrected chi connectivity index (χ2v) is 7.63. The Kier molecular flexibility index (Phi) is 9.90. The summed E-state index contributed by atoms with van der Waals surface area (Å²) in [7, 11) is -4.20. The lowest BCUT2D eigenvalue weighted by Gasteiger charge is -2.26. The van der Waals surface area contributed by atoms with Crippen molar-refractivity contribution < 1.29 is 48.0 Å². The van der Waals surface area contributed by atoms with E-state index in [1.54, 1.807) is 18.2 Å². The summed E-state index contributed by atoms with van der Waals surface area (Å²) in [6.07, 6.45) is 0. The maximum absolute atomic E-state index is 13.3. The number of aliphatic hydroxyl groups is 1. The number of hydrogen-bond donors (Lipinski definition) is 1. The number of esters is 2. The molecule has 0 aliphatic carbocycles. The quantitative estimate of drug-likeness (QED) is 0.340. The lowest BCUT2D eigenvalue weighted by atomic mass is 10.1.